The lowest BCUT2D eigenvalue weighted by Crippen LogP contribution is -2.55. The Labute approximate surface area is 178 Å². The van der Waals surface area contributed by atoms with E-state index < -0.39 is 36.7 Å². The number of aliphatic hydroxyl groups is 5. The molecule has 1 rings (SSSR count). The Balaban J connectivity index is 2.12. The minimum absolute atomic E-state index is 0.236. The highest BCUT2D eigenvalue weighted by Gasteiger charge is 2.40. The van der Waals surface area contributed by atoms with E-state index in [2.05, 4.69) is 0 Å². The highest BCUT2D eigenvalue weighted by Crippen LogP contribution is 2.20. The number of aliphatic carboxylic acids is 1. The van der Waals surface area contributed by atoms with Gasteiger partial charge in [-0.15, -0.1) is 0 Å². The van der Waals surface area contributed by atoms with Crippen LogP contribution in [0.5, 0.6) is 0 Å². The standard InChI is InChI=1S/C21H40O9/c22-13-9-5-1-2-6-10-15(23)11-7-3-4-8-12-17(20(27)28)30-21-19(26)18(25)16(24)14-29-21/h15-19,21-26H,1-14H2,(H,27,28)/t15?,16-,17?,18+,19-,21+/m1/s1. The Bertz CT molecular complexity index is 448. The molecule has 1 heterocycles. The summed E-state index contributed by atoms with van der Waals surface area (Å²) < 4.78 is 10.4. The number of ether oxygens (including phenoxy) is 2. The fourth-order valence-electron chi connectivity index (χ4n) is 3.54. The van der Waals surface area contributed by atoms with Crippen molar-refractivity contribution in [2.24, 2.45) is 0 Å². The molecule has 1 fully saturated rings. The van der Waals surface area contributed by atoms with Crippen LogP contribution in [0.4, 0.5) is 0 Å². The Kier molecular flexibility index (Phi) is 14.4. The molecular formula is C21H40O9. The molecule has 30 heavy (non-hydrogen) atoms. The number of hydrogen-bond donors (Lipinski definition) is 6. The first-order chi connectivity index (χ1) is 14.4. The smallest absolute Gasteiger partial charge is 0.332 e. The van der Waals surface area contributed by atoms with Crippen molar-refractivity contribution in [3.63, 3.8) is 0 Å². The molecule has 0 bridgehead atoms. The number of carboxylic acids is 1. The molecule has 9 nitrogen and oxygen atoms in total. The Morgan fingerprint density at radius 3 is 1.97 bits per heavy atom. The lowest BCUT2D eigenvalue weighted by atomic mass is 10.0. The fraction of sp³-hybridized carbons (Fsp3) is 0.952. The molecule has 0 radical (unpaired) electrons. The molecule has 1 aliphatic heterocycles. The summed E-state index contributed by atoms with van der Waals surface area (Å²) in [5, 5.41) is 57.0. The van der Waals surface area contributed by atoms with Crippen LogP contribution in [0.15, 0.2) is 0 Å². The molecule has 0 aromatic heterocycles. The minimum Gasteiger partial charge on any atom is -0.479 e. The van der Waals surface area contributed by atoms with E-state index in [4.69, 9.17) is 14.6 Å². The van der Waals surface area contributed by atoms with E-state index in [1.807, 2.05) is 0 Å². The summed E-state index contributed by atoms with van der Waals surface area (Å²) in [5.74, 6) is -1.17. The molecule has 0 spiro atoms. The molecule has 0 saturated carbocycles. The molecular weight excluding hydrogens is 396 g/mol. The van der Waals surface area contributed by atoms with Gasteiger partial charge >= 0.3 is 5.97 Å². The zero-order chi connectivity index (χ0) is 22.4. The van der Waals surface area contributed by atoms with E-state index in [1.165, 1.54) is 0 Å². The number of rotatable bonds is 17. The number of aliphatic hydroxyl groups excluding tert-OH is 5. The third-order valence-corrected chi connectivity index (χ3v) is 5.48. The van der Waals surface area contributed by atoms with Gasteiger partial charge in [0.05, 0.1) is 12.7 Å². The predicted molar refractivity (Wildman–Crippen MR) is 109 cm³/mol. The summed E-state index contributed by atoms with van der Waals surface area (Å²) in [5.41, 5.74) is 0. The van der Waals surface area contributed by atoms with Crippen molar-refractivity contribution in [3.8, 4) is 0 Å². The monoisotopic (exact) mass is 436 g/mol. The second-order valence-electron chi connectivity index (χ2n) is 8.14. The summed E-state index contributed by atoms with van der Waals surface area (Å²) in [6.07, 6.45) is 3.04. The number of unbranched alkanes of at least 4 members (excludes halogenated alkanes) is 7. The van der Waals surface area contributed by atoms with Gasteiger partial charge in [-0.05, 0) is 25.7 Å². The molecule has 6 atom stereocenters. The van der Waals surface area contributed by atoms with E-state index in [9.17, 15) is 30.3 Å². The van der Waals surface area contributed by atoms with E-state index in [0.717, 1.165) is 64.2 Å². The van der Waals surface area contributed by atoms with Gasteiger partial charge in [-0.25, -0.2) is 4.79 Å². The van der Waals surface area contributed by atoms with Crippen molar-refractivity contribution in [1.82, 2.24) is 0 Å². The van der Waals surface area contributed by atoms with Crippen LogP contribution in [0.1, 0.15) is 77.0 Å². The van der Waals surface area contributed by atoms with E-state index in [1.54, 1.807) is 0 Å². The number of hydrogen-bond acceptors (Lipinski definition) is 8. The maximum Gasteiger partial charge on any atom is 0.332 e. The number of carboxylic acid groups (broad SMARTS) is 1. The molecule has 6 N–H and O–H groups in total. The van der Waals surface area contributed by atoms with E-state index in [-0.39, 0.29) is 25.7 Å². The largest absolute Gasteiger partial charge is 0.479 e. The van der Waals surface area contributed by atoms with Crippen LogP contribution in [-0.2, 0) is 14.3 Å². The molecule has 0 aromatic rings. The topological polar surface area (TPSA) is 157 Å². The second-order valence-corrected chi connectivity index (χ2v) is 8.14. The van der Waals surface area contributed by atoms with Crippen LogP contribution in [-0.4, -0.2) is 86.6 Å². The highest BCUT2D eigenvalue weighted by molar-refractivity contribution is 5.72. The lowest BCUT2D eigenvalue weighted by molar-refractivity contribution is -0.282. The number of carbonyl (C=O) groups is 1. The maximum absolute atomic E-state index is 11.4. The Morgan fingerprint density at radius 2 is 1.40 bits per heavy atom. The third-order valence-electron chi connectivity index (χ3n) is 5.48. The van der Waals surface area contributed by atoms with Gasteiger partial charge in [0, 0.05) is 6.61 Å². The van der Waals surface area contributed by atoms with E-state index in [0.29, 0.717) is 6.42 Å². The van der Waals surface area contributed by atoms with Gasteiger partial charge in [0.25, 0.3) is 0 Å². The zero-order valence-corrected chi connectivity index (χ0v) is 17.8. The van der Waals surface area contributed by atoms with Crippen molar-refractivity contribution in [1.29, 1.82) is 0 Å². The highest BCUT2D eigenvalue weighted by atomic mass is 16.7. The summed E-state index contributed by atoms with van der Waals surface area (Å²) >= 11 is 0. The van der Waals surface area contributed by atoms with E-state index >= 15 is 0 Å². The normalized spacial score (nSPS) is 26.4. The first-order valence-electron chi connectivity index (χ1n) is 11.2. The van der Waals surface area contributed by atoms with Crippen LogP contribution in [0.2, 0.25) is 0 Å². The van der Waals surface area contributed by atoms with Crippen molar-refractivity contribution in [2.45, 2.75) is 114 Å². The Morgan fingerprint density at radius 1 is 0.867 bits per heavy atom. The molecule has 9 heteroatoms. The summed E-state index contributed by atoms with van der Waals surface area (Å²) in [7, 11) is 0. The first kappa shape index (κ1) is 27.2. The van der Waals surface area contributed by atoms with Gasteiger partial charge in [-0.3, -0.25) is 0 Å². The second kappa shape index (κ2) is 15.9. The lowest BCUT2D eigenvalue weighted by Gasteiger charge is -2.36. The molecule has 0 aromatic carbocycles. The minimum atomic E-state index is -1.51. The molecule has 0 aliphatic carbocycles. The van der Waals surface area contributed by atoms with Crippen molar-refractivity contribution >= 4 is 5.97 Å². The molecule has 1 saturated heterocycles. The Hall–Kier alpha value is -0.810. The van der Waals surface area contributed by atoms with Crippen LogP contribution in [0.3, 0.4) is 0 Å². The average molecular weight is 437 g/mol. The van der Waals surface area contributed by atoms with Gasteiger partial charge in [-0.1, -0.05) is 51.4 Å². The quantitative estimate of drug-likeness (QED) is 0.182. The summed E-state index contributed by atoms with van der Waals surface area (Å²) in [4.78, 5) is 11.4. The zero-order valence-electron chi connectivity index (χ0n) is 17.8. The molecule has 2 unspecified atom stereocenters. The van der Waals surface area contributed by atoms with Crippen LogP contribution in [0.25, 0.3) is 0 Å². The third kappa shape index (κ3) is 11.0. The first-order valence-corrected chi connectivity index (χ1v) is 11.2. The summed E-state index contributed by atoms with van der Waals surface area (Å²) in [6.45, 7) is 0.00571. The van der Waals surface area contributed by atoms with Gasteiger partial charge in [-0.2, -0.15) is 0 Å². The molecule has 0 amide bonds. The average Bonchev–Trinajstić information content (AvgIpc) is 2.71. The van der Waals surface area contributed by atoms with Gasteiger partial charge in [0.2, 0.25) is 0 Å². The van der Waals surface area contributed by atoms with Crippen LogP contribution in [0, 0.1) is 0 Å². The van der Waals surface area contributed by atoms with Gasteiger partial charge < -0.3 is 40.1 Å². The van der Waals surface area contributed by atoms with Crippen LogP contribution < -0.4 is 0 Å². The van der Waals surface area contributed by atoms with Crippen molar-refractivity contribution in [3.05, 3.63) is 0 Å². The summed E-state index contributed by atoms with van der Waals surface area (Å²) in [6, 6.07) is 0. The van der Waals surface area contributed by atoms with Gasteiger partial charge in [0.15, 0.2) is 12.4 Å². The van der Waals surface area contributed by atoms with Crippen molar-refractivity contribution in [2.75, 3.05) is 13.2 Å². The van der Waals surface area contributed by atoms with Gasteiger partial charge in [0.1, 0.15) is 18.3 Å². The molecule has 1 aliphatic rings. The molecule has 178 valence electrons. The fourth-order valence-corrected chi connectivity index (χ4v) is 3.54. The van der Waals surface area contributed by atoms with Crippen molar-refractivity contribution < 1.29 is 44.9 Å². The predicted octanol–water partition coefficient (Wildman–Crippen LogP) is 0.930. The van der Waals surface area contributed by atoms with Crippen LogP contribution >= 0.6 is 0 Å². The SMILES string of the molecule is O=C(O)C(CCCCCCC(O)CCCCCCCO)O[C@@H]1OC[C@@H](O)[C@H](O)[C@H]1O. The maximum atomic E-state index is 11.4.